The summed E-state index contributed by atoms with van der Waals surface area (Å²) >= 11 is 0. The first kappa shape index (κ1) is 19.3. The molecule has 0 saturated carbocycles. The van der Waals surface area contributed by atoms with Crippen molar-refractivity contribution in [1.82, 2.24) is 0 Å². The van der Waals surface area contributed by atoms with E-state index in [1.165, 1.54) is 12.0 Å². The maximum Gasteiger partial charge on any atom is 0.328 e. The van der Waals surface area contributed by atoms with Crippen LogP contribution in [-0.4, -0.2) is 31.6 Å². The van der Waals surface area contributed by atoms with Gasteiger partial charge < -0.3 is 9.47 Å². The third-order valence-electron chi connectivity index (χ3n) is 4.34. The van der Waals surface area contributed by atoms with Crippen LogP contribution in [0.2, 0.25) is 0 Å². The second kappa shape index (κ2) is 8.39. The van der Waals surface area contributed by atoms with E-state index in [0.717, 1.165) is 21.9 Å². The number of fused-ring (bicyclic) bond motifs is 1. The van der Waals surface area contributed by atoms with Gasteiger partial charge in [-0.3, -0.25) is 9.69 Å². The van der Waals surface area contributed by atoms with Crippen molar-refractivity contribution in [2.75, 3.05) is 18.6 Å². The first-order chi connectivity index (χ1) is 12.4. The Morgan fingerprint density at radius 1 is 1.23 bits per heavy atom. The summed E-state index contributed by atoms with van der Waals surface area (Å²) in [4.78, 5) is 26.6. The summed E-state index contributed by atoms with van der Waals surface area (Å²) < 4.78 is 9.96. The van der Waals surface area contributed by atoms with Crippen LogP contribution in [0.4, 0.5) is 5.69 Å². The number of nitrogens with zero attached hydrogens (tertiary/aromatic N) is 1. The van der Waals surface area contributed by atoms with Crippen LogP contribution in [-0.2, 0) is 19.1 Å². The average Bonchev–Trinajstić information content (AvgIpc) is 2.64. The molecule has 2 rings (SSSR count). The summed E-state index contributed by atoms with van der Waals surface area (Å²) in [5.41, 5.74) is 2.65. The topological polar surface area (TPSA) is 55.8 Å². The lowest BCUT2D eigenvalue weighted by atomic mass is 9.98. The highest BCUT2D eigenvalue weighted by molar-refractivity contribution is 6.08. The molecule has 0 aliphatic heterocycles. The van der Waals surface area contributed by atoms with E-state index in [4.69, 9.17) is 9.47 Å². The fourth-order valence-corrected chi connectivity index (χ4v) is 2.93. The number of rotatable bonds is 5. The number of anilines is 1. The molecule has 0 aliphatic rings. The van der Waals surface area contributed by atoms with E-state index in [1.54, 1.807) is 13.8 Å². The molecule has 0 radical (unpaired) electrons. The average molecular weight is 353 g/mol. The van der Waals surface area contributed by atoms with Crippen LogP contribution < -0.4 is 4.90 Å². The van der Waals surface area contributed by atoms with Crippen molar-refractivity contribution >= 4 is 28.3 Å². The lowest BCUT2D eigenvalue weighted by Crippen LogP contribution is -2.46. The van der Waals surface area contributed by atoms with Gasteiger partial charge in [0, 0.05) is 12.3 Å². The lowest BCUT2D eigenvalue weighted by Gasteiger charge is -2.30. The number of hydrogen-bond acceptors (Lipinski definition) is 4. The van der Waals surface area contributed by atoms with Crippen molar-refractivity contribution in [2.45, 2.75) is 33.7 Å². The van der Waals surface area contributed by atoms with E-state index in [1.807, 2.05) is 38.1 Å². The summed E-state index contributed by atoms with van der Waals surface area (Å²) in [6, 6.07) is 9.04. The molecular formula is C21H23NO4. The normalized spacial score (nSPS) is 11.3. The Bertz CT molecular complexity index is 892. The Balaban J connectivity index is 2.66. The maximum atomic E-state index is 12.9. The van der Waals surface area contributed by atoms with Crippen molar-refractivity contribution < 1.29 is 19.1 Å². The smallest absolute Gasteiger partial charge is 0.328 e. The second-order valence-electron chi connectivity index (χ2n) is 5.99. The zero-order valence-corrected chi connectivity index (χ0v) is 15.8. The molecule has 5 nitrogen and oxygen atoms in total. The van der Waals surface area contributed by atoms with Gasteiger partial charge in [-0.15, -0.1) is 0 Å². The minimum Gasteiger partial charge on any atom is -0.467 e. The highest BCUT2D eigenvalue weighted by atomic mass is 16.5. The molecule has 0 heterocycles. The Morgan fingerprint density at radius 3 is 2.58 bits per heavy atom. The molecule has 0 spiro atoms. The minimum atomic E-state index is -0.797. The van der Waals surface area contributed by atoms with E-state index in [2.05, 4.69) is 18.1 Å². The fourth-order valence-electron chi connectivity index (χ4n) is 2.93. The van der Waals surface area contributed by atoms with Crippen LogP contribution in [0.1, 0.15) is 25.0 Å². The molecule has 0 fully saturated rings. The van der Waals surface area contributed by atoms with Crippen molar-refractivity contribution in [3.63, 3.8) is 0 Å². The first-order valence-corrected chi connectivity index (χ1v) is 8.34. The van der Waals surface area contributed by atoms with E-state index >= 15 is 0 Å². The molecular weight excluding hydrogens is 330 g/mol. The maximum absolute atomic E-state index is 12.9. The Kier molecular flexibility index (Phi) is 6.24. The third kappa shape index (κ3) is 3.80. The first-order valence-electron chi connectivity index (χ1n) is 8.34. The van der Waals surface area contributed by atoms with Gasteiger partial charge in [-0.25, -0.2) is 4.79 Å². The molecule has 5 heteroatoms. The number of methoxy groups -OCH3 is 1. The second-order valence-corrected chi connectivity index (χ2v) is 5.99. The molecule has 26 heavy (non-hydrogen) atoms. The number of carbonyl (C=O) groups excluding carboxylic acids is 2. The summed E-state index contributed by atoms with van der Waals surface area (Å²) in [6.07, 6.45) is 2.42. The van der Waals surface area contributed by atoms with Gasteiger partial charge in [-0.2, -0.15) is 0 Å². The highest BCUT2D eigenvalue weighted by Crippen LogP contribution is 2.34. The Hall–Kier alpha value is -3.00. The molecule has 1 amide bonds. The Morgan fingerprint density at radius 2 is 1.92 bits per heavy atom. The number of benzene rings is 2. The number of amides is 1. The standard InChI is InChI=1S/C21H23NO4/c1-6-11-26-13-19(23)22(16(4)21(24)25-5)20-15(3)14(2)12-17-9-7-8-10-18(17)20/h7-10,12,16H,13H2,1-5H3. The molecule has 0 aromatic heterocycles. The molecule has 0 saturated heterocycles. The molecule has 2 aromatic rings. The lowest BCUT2D eigenvalue weighted by molar-refractivity contribution is -0.143. The molecule has 0 aliphatic carbocycles. The fraction of sp³-hybridized carbons (Fsp3) is 0.333. The largest absolute Gasteiger partial charge is 0.467 e. The van der Waals surface area contributed by atoms with Crippen LogP contribution in [0.15, 0.2) is 30.3 Å². The summed E-state index contributed by atoms with van der Waals surface area (Å²) in [5.74, 6) is 1.73. The SMILES string of the molecule is CC#COCC(=O)N(c1c(C)c(C)cc2ccccc12)C(C)C(=O)OC. The van der Waals surface area contributed by atoms with Crippen molar-refractivity contribution in [1.29, 1.82) is 0 Å². The third-order valence-corrected chi connectivity index (χ3v) is 4.34. The number of aryl methyl sites for hydroxylation is 1. The quantitative estimate of drug-likeness (QED) is 0.611. The number of ether oxygens (including phenoxy) is 2. The number of esters is 1. The zero-order chi connectivity index (χ0) is 19.3. The van der Waals surface area contributed by atoms with Gasteiger partial charge in [0.25, 0.3) is 5.91 Å². The number of hydrogen-bond donors (Lipinski definition) is 0. The van der Waals surface area contributed by atoms with E-state index < -0.39 is 12.0 Å². The molecule has 0 bridgehead atoms. The molecule has 1 unspecified atom stereocenters. The molecule has 0 N–H and O–H groups in total. The van der Waals surface area contributed by atoms with Crippen LogP contribution in [0, 0.1) is 25.9 Å². The molecule has 2 aromatic carbocycles. The predicted molar refractivity (Wildman–Crippen MR) is 102 cm³/mol. The molecule has 136 valence electrons. The minimum absolute atomic E-state index is 0.246. The van der Waals surface area contributed by atoms with Gasteiger partial charge in [0.15, 0.2) is 6.61 Å². The van der Waals surface area contributed by atoms with E-state index in [-0.39, 0.29) is 12.5 Å². The van der Waals surface area contributed by atoms with E-state index in [0.29, 0.717) is 5.69 Å². The Labute approximate surface area is 153 Å². The molecule has 1 atom stereocenters. The van der Waals surface area contributed by atoms with Crippen molar-refractivity contribution in [3.8, 4) is 12.0 Å². The van der Waals surface area contributed by atoms with Gasteiger partial charge in [0.2, 0.25) is 0 Å². The van der Waals surface area contributed by atoms with Crippen LogP contribution in [0.3, 0.4) is 0 Å². The highest BCUT2D eigenvalue weighted by Gasteiger charge is 2.31. The summed E-state index contributed by atoms with van der Waals surface area (Å²) in [7, 11) is 1.31. The van der Waals surface area contributed by atoms with Crippen LogP contribution in [0.5, 0.6) is 0 Å². The van der Waals surface area contributed by atoms with Gasteiger partial charge in [-0.05, 0) is 37.3 Å². The predicted octanol–water partition coefficient (Wildman–Crippen LogP) is 3.35. The van der Waals surface area contributed by atoms with Crippen LogP contribution >= 0.6 is 0 Å². The van der Waals surface area contributed by atoms with Gasteiger partial charge in [0.1, 0.15) is 12.1 Å². The van der Waals surface area contributed by atoms with Crippen LogP contribution in [0.25, 0.3) is 10.8 Å². The summed E-state index contributed by atoms with van der Waals surface area (Å²) in [6.45, 7) is 6.94. The number of carbonyl (C=O) groups is 2. The van der Waals surface area contributed by atoms with Crippen molar-refractivity contribution in [2.24, 2.45) is 0 Å². The van der Waals surface area contributed by atoms with Gasteiger partial charge >= 0.3 is 5.97 Å². The van der Waals surface area contributed by atoms with Gasteiger partial charge in [-0.1, -0.05) is 36.3 Å². The van der Waals surface area contributed by atoms with Gasteiger partial charge in [0.05, 0.1) is 12.8 Å². The zero-order valence-electron chi connectivity index (χ0n) is 15.8. The van der Waals surface area contributed by atoms with E-state index in [9.17, 15) is 9.59 Å². The monoisotopic (exact) mass is 353 g/mol. The summed E-state index contributed by atoms with van der Waals surface area (Å²) in [5, 5.41) is 1.89. The van der Waals surface area contributed by atoms with Crippen molar-refractivity contribution in [3.05, 3.63) is 41.5 Å².